The summed E-state index contributed by atoms with van der Waals surface area (Å²) < 4.78 is 18.9. The first kappa shape index (κ1) is 19.9. The predicted molar refractivity (Wildman–Crippen MR) is 162 cm³/mol. The van der Waals surface area contributed by atoms with Crippen molar-refractivity contribution < 1.29 is 9.47 Å². The van der Waals surface area contributed by atoms with Crippen molar-refractivity contribution in [2.45, 2.75) is 0 Å². The van der Waals surface area contributed by atoms with Crippen molar-refractivity contribution in [2.75, 3.05) is 0 Å². The number of aromatic nitrogens is 2. The molecule has 0 saturated carbocycles. The Balaban J connectivity index is 1.40. The van der Waals surface area contributed by atoms with E-state index in [-0.39, 0.29) is 13.7 Å². The van der Waals surface area contributed by atoms with Gasteiger partial charge in [0.25, 0.3) is 0 Å². The van der Waals surface area contributed by atoms with E-state index in [9.17, 15) is 0 Å². The van der Waals surface area contributed by atoms with Gasteiger partial charge < -0.3 is 18.4 Å². The zero-order chi connectivity index (χ0) is 25.7. The molecule has 0 bridgehead atoms. The summed E-state index contributed by atoms with van der Waals surface area (Å²) in [7, 11) is 0. The number of ether oxygens (including phenoxy) is 2. The largest absolute Gasteiger partial charge is 0.458 e. The highest BCUT2D eigenvalue weighted by atomic mass is 16.5. The van der Waals surface area contributed by atoms with E-state index in [0.717, 1.165) is 34.1 Å². The summed E-state index contributed by atoms with van der Waals surface area (Å²) in [5.41, 5.74) is 12.0. The molecule has 0 spiro atoms. The number of rotatable bonds is 0. The molecule has 4 aliphatic rings. The molecule has 0 aliphatic carbocycles. The third kappa shape index (κ3) is 2.08. The van der Waals surface area contributed by atoms with Crippen molar-refractivity contribution >= 4 is 57.4 Å². The van der Waals surface area contributed by atoms with Crippen molar-refractivity contribution in [3.63, 3.8) is 0 Å². The molecule has 0 radical (unpaired) electrons. The summed E-state index contributed by atoms with van der Waals surface area (Å²) >= 11 is 0. The first-order valence-corrected chi connectivity index (χ1v) is 13.8. The van der Waals surface area contributed by atoms with E-state index in [0.29, 0.717) is 0 Å². The Morgan fingerprint density at radius 3 is 1.45 bits per heavy atom. The van der Waals surface area contributed by atoms with Gasteiger partial charge in [-0.3, -0.25) is 0 Å². The van der Waals surface area contributed by atoms with Gasteiger partial charge in [-0.25, -0.2) is 0 Å². The highest BCUT2D eigenvalue weighted by Crippen LogP contribution is 2.50. The molecule has 4 aliphatic heterocycles. The lowest BCUT2D eigenvalue weighted by molar-refractivity contribution is 0.477. The van der Waals surface area contributed by atoms with Crippen LogP contribution in [0.25, 0.3) is 44.1 Å². The SMILES string of the molecule is c1ccc2c(c1)Oc1c3c(c4c5c1-c1cccc6ccn(c16)B5c1ccccc1O4)-c1cccc4ccn(c14)B23. The number of nitrogens with zero attached hydrogens (tertiary/aromatic N) is 2. The molecule has 2 aromatic heterocycles. The van der Waals surface area contributed by atoms with Gasteiger partial charge >= 0.3 is 13.7 Å². The fourth-order valence-corrected chi connectivity index (χ4v) is 7.99. The van der Waals surface area contributed by atoms with Crippen LogP contribution in [0.2, 0.25) is 0 Å². The van der Waals surface area contributed by atoms with Crippen LogP contribution in [-0.2, 0) is 0 Å². The highest BCUT2D eigenvalue weighted by molar-refractivity contribution is 6.91. The quantitative estimate of drug-likeness (QED) is 0.268. The van der Waals surface area contributed by atoms with E-state index in [1.165, 1.54) is 54.8 Å². The zero-order valence-electron chi connectivity index (χ0n) is 21.3. The van der Waals surface area contributed by atoms with Crippen LogP contribution in [0.4, 0.5) is 0 Å². The Labute approximate surface area is 230 Å². The molecular formula is C34H18B2N2O2. The van der Waals surface area contributed by atoms with E-state index in [1.807, 2.05) is 0 Å². The standard InChI is InChI=1S/C34H18B2N2O2/c1-3-13-25-23(11-1)35-29-27(21-9-5-7-19-15-17-37(35)31(19)21)34-30-28(33(29)39-25)22-10-6-8-20-16-18-38(32(20)22)36(30)24-12-2-4-14-26(24)40-34/h1-18H. The maximum atomic E-state index is 7.01. The van der Waals surface area contributed by atoms with Gasteiger partial charge in [0.15, 0.2) is 0 Å². The summed E-state index contributed by atoms with van der Waals surface area (Å²) in [6.07, 6.45) is 4.48. The molecule has 0 unspecified atom stereocenters. The summed E-state index contributed by atoms with van der Waals surface area (Å²) in [6.45, 7) is -0.00734. The first-order valence-electron chi connectivity index (χ1n) is 13.8. The van der Waals surface area contributed by atoms with E-state index in [4.69, 9.17) is 9.47 Å². The fraction of sp³-hybridized carbons (Fsp3) is 0. The van der Waals surface area contributed by atoms with Crippen LogP contribution in [0.3, 0.4) is 0 Å². The van der Waals surface area contributed by atoms with Crippen LogP contribution in [-0.4, -0.2) is 22.7 Å². The number of hydrogen-bond acceptors (Lipinski definition) is 2. The molecule has 0 N–H and O–H groups in total. The monoisotopic (exact) mass is 508 g/mol. The summed E-state index contributed by atoms with van der Waals surface area (Å²) in [4.78, 5) is 0. The summed E-state index contributed by atoms with van der Waals surface area (Å²) in [5.74, 6) is 3.76. The lowest BCUT2D eigenvalue weighted by Gasteiger charge is -2.40. The Bertz CT molecular complexity index is 2150. The lowest BCUT2D eigenvalue weighted by Crippen LogP contribution is -2.58. The van der Waals surface area contributed by atoms with Crippen LogP contribution in [0, 0.1) is 0 Å². The molecule has 0 atom stereocenters. The summed E-state index contributed by atoms with van der Waals surface area (Å²) in [6, 6.07) is 34.7. The lowest BCUT2D eigenvalue weighted by atomic mass is 9.42. The number of fused-ring (bicyclic) bond motifs is 10. The van der Waals surface area contributed by atoms with Gasteiger partial charge in [-0.1, -0.05) is 72.8 Å². The first-order chi connectivity index (χ1) is 19.9. The number of para-hydroxylation sites is 4. The van der Waals surface area contributed by atoms with E-state index >= 15 is 0 Å². The zero-order valence-corrected chi connectivity index (χ0v) is 21.3. The van der Waals surface area contributed by atoms with Gasteiger partial charge in [-0.2, -0.15) is 0 Å². The van der Waals surface area contributed by atoms with Crippen LogP contribution in [0.15, 0.2) is 109 Å². The second-order valence-electron chi connectivity index (χ2n) is 11.3. The number of benzene rings is 5. The van der Waals surface area contributed by atoms with Gasteiger partial charge in [0.1, 0.15) is 23.0 Å². The van der Waals surface area contributed by atoms with Gasteiger partial charge in [0, 0.05) is 44.2 Å². The van der Waals surface area contributed by atoms with Gasteiger partial charge in [0.05, 0.1) is 0 Å². The topological polar surface area (TPSA) is 28.3 Å². The maximum Gasteiger partial charge on any atom is 0.336 e. The molecule has 11 rings (SSSR count). The molecule has 40 heavy (non-hydrogen) atoms. The molecule has 0 saturated heterocycles. The maximum absolute atomic E-state index is 7.01. The van der Waals surface area contributed by atoms with Crippen LogP contribution >= 0.6 is 0 Å². The predicted octanol–water partition coefficient (Wildman–Crippen LogP) is 5.08. The van der Waals surface area contributed by atoms with Crippen molar-refractivity contribution in [3.8, 4) is 45.3 Å². The second-order valence-corrected chi connectivity index (χ2v) is 11.3. The minimum Gasteiger partial charge on any atom is -0.458 e. The minimum absolute atomic E-state index is 0.00367. The normalized spacial score (nSPS) is 14.3. The van der Waals surface area contributed by atoms with Crippen LogP contribution in [0.5, 0.6) is 23.0 Å². The Morgan fingerprint density at radius 2 is 0.950 bits per heavy atom. The fourth-order valence-electron chi connectivity index (χ4n) is 7.99. The Hall–Kier alpha value is -5.09. The molecule has 5 aromatic carbocycles. The van der Waals surface area contributed by atoms with Gasteiger partial charge in [0.2, 0.25) is 0 Å². The third-order valence-electron chi connectivity index (χ3n) is 9.46. The van der Waals surface area contributed by atoms with Gasteiger partial charge in [-0.15, -0.1) is 0 Å². The van der Waals surface area contributed by atoms with Crippen molar-refractivity contribution in [1.82, 2.24) is 8.96 Å². The molecule has 6 heterocycles. The molecular weight excluding hydrogens is 490 g/mol. The average molecular weight is 508 g/mol. The van der Waals surface area contributed by atoms with Crippen LogP contribution in [0.1, 0.15) is 0 Å². The molecule has 0 fully saturated rings. The third-order valence-corrected chi connectivity index (χ3v) is 9.46. The summed E-state index contributed by atoms with van der Waals surface area (Å²) in [5, 5.41) is 2.48. The minimum atomic E-state index is -0.00367. The molecule has 182 valence electrons. The van der Waals surface area contributed by atoms with E-state index in [2.05, 4.69) is 118 Å². The highest BCUT2D eigenvalue weighted by Gasteiger charge is 2.49. The van der Waals surface area contributed by atoms with Crippen molar-refractivity contribution in [2.24, 2.45) is 0 Å². The molecule has 0 amide bonds. The number of hydrogen-bond donors (Lipinski definition) is 0. The Morgan fingerprint density at radius 1 is 0.475 bits per heavy atom. The second kappa shape index (κ2) is 6.54. The molecule has 4 nitrogen and oxygen atoms in total. The van der Waals surface area contributed by atoms with Crippen LogP contribution < -0.4 is 31.3 Å². The van der Waals surface area contributed by atoms with Gasteiger partial charge in [-0.05, 0) is 58.4 Å². The average Bonchev–Trinajstić information content (AvgIpc) is 3.63. The van der Waals surface area contributed by atoms with E-state index < -0.39 is 0 Å². The van der Waals surface area contributed by atoms with Crippen molar-refractivity contribution in [3.05, 3.63) is 109 Å². The van der Waals surface area contributed by atoms with Crippen molar-refractivity contribution in [1.29, 1.82) is 0 Å². The molecule has 7 aromatic rings. The smallest absolute Gasteiger partial charge is 0.336 e. The van der Waals surface area contributed by atoms with E-state index in [1.54, 1.807) is 0 Å². The Kier molecular flexibility index (Phi) is 3.26. The molecule has 6 heteroatoms.